The minimum absolute atomic E-state index is 0.0815. The Hall–Kier alpha value is -2.31. The highest BCUT2D eigenvalue weighted by Crippen LogP contribution is 2.33. The first-order chi connectivity index (χ1) is 9.61. The van der Waals surface area contributed by atoms with Crippen LogP contribution in [0.15, 0.2) is 6.20 Å². The monoisotopic (exact) mass is 275 g/mol. The van der Waals surface area contributed by atoms with Crippen LogP contribution in [-0.2, 0) is 19.4 Å². The number of nitrogens with zero attached hydrogens (tertiary/aromatic N) is 4. The number of amides is 1. The predicted molar refractivity (Wildman–Crippen MR) is 69.9 cm³/mol. The van der Waals surface area contributed by atoms with Gasteiger partial charge in [-0.15, -0.1) is 0 Å². The zero-order valence-corrected chi connectivity index (χ0v) is 11.1. The quantitative estimate of drug-likeness (QED) is 0.898. The fourth-order valence-electron chi connectivity index (χ4n) is 2.58. The highest BCUT2D eigenvalue weighted by atomic mass is 19.1. The first-order valence-corrected chi connectivity index (χ1v) is 6.40. The molecule has 3 rings (SSSR count). The molecule has 0 fully saturated rings. The van der Waals surface area contributed by atoms with Crippen molar-refractivity contribution in [3.8, 4) is 11.4 Å². The number of carbonyl (C=O) groups is 1. The lowest BCUT2D eigenvalue weighted by Gasteiger charge is -2.17. The van der Waals surface area contributed by atoms with Crippen molar-refractivity contribution < 1.29 is 9.18 Å². The first kappa shape index (κ1) is 12.7. The number of hydrogen-bond donors (Lipinski definition) is 1. The molecule has 0 aromatic carbocycles. The molecule has 1 aliphatic carbocycles. The Morgan fingerprint density at radius 1 is 1.50 bits per heavy atom. The molecule has 1 aliphatic rings. The number of carbonyl (C=O) groups excluding carboxylic acids is 1. The number of rotatable bonds is 3. The number of nitrogens with two attached hydrogens (primary N) is 1. The van der Waals surface area contributed by atoms with Crippen LogP contribution < -0.4 is 5.73 Å². The van der Waals surface area contributed by atoms with Crippen molar-refractivity contribution in [1.29, 1.82) is 0 Å². The zero-order chi connectivity index (χ0) is 14.3. The highest BCUT2D eigenvalue weighted by Gasteiger charge is 2.28. The molecular weight excluding hydrogens is 261 g/mol. The fraction of sp³-hybridized carbons (Fsp3) is 0.385. The van der Waals surface area contributed by atoms with E-state index in [1.807, 2.05) is 0 Å². The number of halogens is 1. The molecular formula is C13H14FN5O. The molecule has 0 saturated carbocycles. The van der Waals surface area contributed by atoms with E-state index in [4.69, 9.17) is 5.73 Å². The predicted octanol–water partition coefficient (Wildman–Crippen LogP) is 0.816. The molecule has 1 amide bonds. The second-order valence-electron chi connectivity index (χ2n) is 4.74. The van der Waals surface area contributed by atoms with Gasteiger partial charge in [0, 0.05) is 11.8 Å². The second kappa shape index (κ2) is 4.66. The standard InChI is InChI=1S/C13H14FN5O/c1-7-16-6-8-2-3-9-11(13(15)20)18-19(5-4-14)12(9)10(8)17-7/h6H,2-5H2,1H3,(H2,15,20). The van der Waals surface area contributed by atoms with E-state index < -0.39 is 12.6 Å². The van der Waals surface area contributed by atoms with Crippen molar-refractivity contribution in [3.63, 3.8) is 0 Å². The lowest BCUT2D eigenvalue weighted by molar-refractivity contribution is 0.0993. The van der Waals surface area contributed by atoms with Crippen LogP contribution in [0, 0.1) is 6.92 Å². The van der Waals surface area contributed by atoms with Gasteiger partial charge in [0.15, 0.2) is 5.69 Å². The summed E-state index contributed by atoms with van der Waals surface area (Å²) in [7, 11) is 0. The summed E-state index contributed by atoms with van der Waals surface area (Å²) < 4.78 is 14.2. The molecule has 7 heteroatoms. The Labute approximate surface area is 114 Å². The van der Waals surface area contributed by atoms with Crippen LogP contribution in [0.4, 0.5) is 4.39 Å². The molecule has 2 aromatic heterocycles. The largest absolute Gasteiger partial charge is 0.364 e. The third kappa shape index (κ3) is 1.86. The molecule has 6 nitrogen and oxygen atoms in total. The molecule has 0 spiro atoms. The van der Waals surface area contributed by atoms with E-state index in [-0.39, 0.29) is 12.2 Å². The smallest absolute Gasteiger partial charge is 0.269 e. The van der Waals surface area contributed by atoms with Crippen molar-refractivity contribution in [2.24, 2.45) is 5.73 Å². The lowest BCUT2D eigenvalue weighted by Crippen LogP contribution is -2.15. The van der Waals surface area contributed by atoms with E-state index in [0.29, 0.717) is 17.9 Å². The van der Waals surface area contributed by atoms with Gasteiger partial charge in [0.25, 0.3) is 5.91 Å². The van der Waals surface area contributed by atoms with Crippen molar-refractivity contribution >= 4 is 5.91 Å². The second-order valence-corrected chi connectivity index (χ2v) is 4.74. The summed E-state index contributed by atoms with van der Waals surface area (Å²) in [6.07, 6.45) is 3.14. The average Bonchev–Trinajstić information content (AvgIpc) is 2.78. The van der Waals surface area contributed by atoms with Gasteiger partial charge in [-0.3, -0.25) is 9.48 Å². The van der Waals surface area contributed by atoms with Gasteiger partial charge in [-0.05, 0) is 25.3 Å². The summed E-state index contributed by atoms with van der Waals surface area (Å²) in [6.45, 7) is 1.31. The molecule has 0 atom stereocenters. The maximum Gasteiger partial charge on any atom is 0.269 e. The Kier molecular flexibility index (Phi) is 2.96. The summed E-state index contributed by atoms with van der Waals surface area (Å²) in [5.74, 6) is 0.0401. The molecule has 0 radical (unpaired) electrons. The normalized spacial score (nSPS) is 12.9. The van der Waals surface area contributed by atoms with E-state index in [1.165, 1.54) is 4.68 Å². The molecule has 104 valence electrons. The topological polar surface area (TPSA) is 86.7 Å². The minimum Gasteiger partial charge on any atom is -0.364 e. The van der Waals surface area contributed by atoms with Crippen LogP contribution in [-0.4, -0.2) is 32.3 Å². The van der Waals surface area contributed by atoms with Crippen LogP contribution in [0.2, 0.25) is 0 Å². The van der Waals surface area contributed by atoms with Gasteiger partial charge < -0.3 is 5.73 Å². The van der Waals surface area contributed by atoms with Gasteiger partial charge in [0.05, 0.1) is 17.9 Å². The molecule has 2 N–H and O–H groups in total. The highest BCUT2D eigenvalue weighted by molar-refractivity contribution is 5.94. The van der Waals surface area contributed by atoms with E-state index >= 15 is 0 Å². The molecule has 20 heavy (non-hydrogen) atoms. The lowest BCUT2D eigenvalue weighted by atomic mass is 9.93. The Morgan fingerprint density at radius 3 is 3.00 bits per heavy atom. The fourth-order valence-corrected chi connectivity index (χ4v) is 2.58. The molecule has 0 bridgehead atoms. The number of hydrogen-bond acceptors (Lipinski definition) is 4. The zero-order valence-electron chi connectivity index (χ0n) is 11.1. The third-order valence-electron chi connectivity index (χ3n) is 3.43. The molecule has 2 heterocycles. The van der Waals surface area contributed by atoms with E-state index in [2.05, 4.69) is 15.1 Å². The summed E-state index contributed by atoms with van der Waals surface area (Å²) >= 11 is 0. The van der Waals surface area contributed by atoms with Gasteiger partial charge in [-0.1, -0.05) is 0 Å². The Bertz CT molecular complexity index is 694. The van der Waals surface area contributed by atoms with Crippen LogP contribution >= 0.6 is 0 Å². The summed E-state index contributed by atoms with van der Waals surface area (Å²) in [5, 5.41) is 4.15. The molecule has 0 aliphatic heterocycles. The van der Waals surface area contributed by atoms with Crippen LogP contribution in [0.1, 0.15) is 27.4 Å². The number of fused-ring (bicyclic) bond motifs is 3. The first-order valence-electron chi connectivity index (χ1n) is 6.40. The van der Waals surface area contributed by atoms with Crippen molar-refractivity contribution in [2.45, 2.75) is 26.3 Å². The maximum absolute atomic E-state index is 12.7. The number of alkyl halides is 1. The minimum atomic E-state index is -0.590. The summed E-state index contributed by atoms with van der Waals surface area (Å²) in [6, 6.07) is 0. The molecule has 2 aromatic rings. The van der Waals surface area contributed by atoms with Gasteiger partial charge in [0.2, 0.25) is 0 Å². The number of aryl methyl sites for hydroxylation is 3. The van der Waals surface area contributed by atoms with Crippen molar-refractivity contribution in [2.75, 3.05) is 6.67 Å². The maximum atomic E-state index is 12.7. The van der Waals surface area contributed by atoms with E-state index in [0.717, 1.165) is 23.2 Å². The summed E-state index contributed by atoms with van der Waals surface area (Å²) in [4.78, 5) is 20.1. The van der Waals surface area contributed by atoms with Crippen molar-refractivity contribution in [1.82, 2.24) is 19.7 Å². The van der Waals surface area contributed by atoms with Gasteiger partial charge in [0.1, 0.15) is 12.5 Å². The third-order valence-corrected chi connectivity index (χ3v) is 3.43. The van der Waals surface area contributed by atoms with Gasteiger partial charge in [-0.2, -0.15) is 5.10 Å². The summed E-state index contributed by atoms with van der Waals surface area (Å²) in [5.41, 5.74) is 8.75. The van der Waals surface area contributed by atoms with Gasteiger partial charge in [-0.25, -0.2) is 14.4 Å². The van der Waals surface area contributed by atoms with E-state index in [1.54, 1.807) is 13.1 Å². The van der Waals surface area contributed by atoms with Gasteiger partial charge >= 0.3 is 0 Å². The average molecular weight is 275 g/mol. The SMILES string of the molecule is Cc1ncc2c(n1)-c1c(c(C(N)=O)nn1CCF)CC2. The van der Waals surface area contributed by atoms with Crippen molar-refractivity contribution in [3.05, 3.63) is 28.8 Å². The molecule has 0 saturated heterocycles. The Morgan fingerprint density at radius 2 is 2.30 bits per heavy atom. The van der Waals surface area contributed by atoms with E-state index in [9.17, 15) is 9.18 Å². The van der Waals surface area contributed by atoms with Crippen LogP contribution in [0.5, 0.6) is 0 Å². The van der Waals surface area contributed by atoms with Crippen LogP contribution in [0.25, 0.3) is 11.4 Å². The number of aromatic nitrogens is 4. The van der Waals surface area contributed by atoms with Crippen LogP contribution in [0.3, 0.4) is 0 Å². The molecule has 0 unspecified atom stereocenters. The Balaban J connectivity index is 2.26. The number of primary amides is 1.